The number of anilines is 2. The van der Waals surface area contributed by atoms with Crippen molar-refractivity contribution in [3.63, 3.8) is 0 Å². The number of rotatable bonds is 7. The fourth-order valence-corrected chi connectivity index (χ4v) is 2.37. The largest absolute Gasteiger partial charge is 0.385 e. The van der Waals surface area contributed by atoms with Gasteiger partial charge in [0.1, 0.15) is 0 Å². The molecule has 0 bridgehead atoms. The Labute approximate surface area is 137 Å². The van der Waals surface area contributed by atoms with E-state index in [1.165, 1.54) is 11.1 Å². The van der Waals surface area contributed by atoms with Crippen molar-refractivity contribution in [2.24, 2.45) is 0 Å². The van der Waals surface area contributed by atoms with Gasteiger partial charge in [-0.2, -0.15) is 0 Å². The van der Waals surface area contributed by atoms with Crippen LogP contribution >= 0.6 is 0 Å². The van der Waals surface area contributed by atoms with Crippen LogP contribution in [0.2, 0.25) is 0 Å². The Kier molecular flexibility index (Phi) is 6.11. The van der Waals surface area contributed by atoms with Gasteiger partial charge in [-0.25, -0.2) is 0 Å². The number of aryl methyl sites for hydroxylation is 2. The van der Waals surface area contributed by atoms with Gasteiger partial charge in [0.05, 0.1) is 17.4 Å². The van der Waals surface area contributed by atoms with E-state index in [0.29, 0.717) is 18.7 Å². The molecule has 0 atom stereocenters. The smallest absolute Gasteiger partial charge is 0.252 e. The molecule has 0 aliphatic rings. The number of carbonyl (C=O) groups is 1. The van der Waals surface area contributed by atoms with Crippen LogP contribution in [0.25, 0.3) is 0 Å². The third-order valence-electron chi connectivity index (χ3n) is 3.32. The lowest BCUT2D eigenvalue weighted by molar-refractivity contribution is 0.0948. The third kappa shape index (κ3) is 5.38. The Morgan fingerprint density at radius 1 is 1.09 bits per heavy atom. The minimum Gasteiger partial charge on any atom is -0.385 e. The fraction of sp³-hybridized carbons (Fsp3) is 0.333. The van der Waals surface area contributed by atoms with E-state index < -0.39 is 0 Å². The normalized spacial score (nSPS) is 10.4. The first-order chi connectivity index (χ1) is 11.1. The second kappa shape index (κ2) is 8.29. The van der Waals surface area contributed by atoms with Crippen molar-refractivity contribution in [3.05, 3.63) is 53.3 Å². The number of nitrogens with zero attached hydrogens (tertiary/aromatic N) is 1. The zero-order valence-corrected chi connectivity index (χ0v) is 13.8. The molecule has 0 fully saturated rings. The molecule has 1 aromatic carbocycles. The maximum atomic E-state index is 12.1. The summed E-state index contributed by atoms with van der Waals surface area (Å²) in [5, 5.41) is 6.15. The van der Waals surface area contributed by atoms with Gasteiger partial charge in [0.2, 0.25) is 0 Å². The van der Waals surface area contributed by atoms with Gasteiger partial charge in [-0.15, -0.1) is 0 Å². The van der Waals surface area contributed by atoms with E-state index in [4.69, 9.17) is 4.74 Å². The highest BCUT2D eigenvalue weighted by Crippen LogP contribution is 2.19. The van der Waals surface area contributed by atoms with Gasteiger partial charge in [0.15, 0.2) is 0 Å². The molecule has 2 N–H and O–H groups in total. The van der Waals surface area contributed by atoms with Crippen molar-refractivity contribution in [2.75, 3.05) is 25.6 Å². The van der Waals surface area contributed by atoms with Gasteiger partial charge in [0, 0.05) is 32.1 Å². The summed E-state index contributed by atoms with van der Waals surface area (Å²) < 4.78 is 4.96. The highest BCUT2D eigenvalue weighted by Gasteiger charge is 2.07. The first-order valence-electron chi connectivity index (χ1n) is 7.66. The number of aromatic nitrogens is 1. The number of hydrogen-bond donors (Lipinski definition) is 2. The number of methoxy groups -OCH3 is 1. The monoisotopic (exact) mass is 313 g/mol. The maximum Gasteiger partial charge on any atom is 0.252 e. The summed E-state index contributed by atoms with van der Waals surface area (Å²) >= 11 is 0. The predicted molar refractivity (Wildman–Crippen MR) is 92.3 cm³/mol. The summed E-state index contributed by atoms with van der Waals surface area (Å²) in [6.07, 6.45) is 4.06. The van der Waals surface area contributed by atoms with Crippen LogP contribution in [-0.4, -0.2) is 31.2 Å². The van der Waals surface area contributed by atoms with E-state index in [-0.39, 0.29) is 5.91 Å². The number of ether oxygens (including phenoxy) is 1. The zero-order valence-electron chi connectivity index (χ0n) is 13.8. The van der Waals surface area contributed by atoms with Gasteiger partial charge in [-0.05, 0) is 49.6 Å². The van der Waals surface area contributed by atoms with Crippen molar-refractivity contribution < 1.29 is 9.53 Å². The van der Waals surface area contributed by atoms with E-state index >= 15 is 0 Å². The lowest BCUT2D eigenvalue weighted by atomic mass is 10.1. The quantitative estimate of drug-likeness (QED) is 0.771. The van der Waals surface area contributed by atoms with Crippen LogP contribution < -0.4 is 10.6 Å². The van der Waals surface area contributed by atoms with Crippen molar-refractivity contribution in [2.45, 2.75) is 20.3 Å². The molecule has 0 aliphatic carbocycles. The second-order valence-corrected chi connectivity index (χ2v) is 5.57. The molecule has 1 aromatic heterocycles. The van der Waals surface area contributed by atoms with Crippen molar-refractivity contribution >= 4 is 17.3 Å². The molecule has 1 amide bonds. The van der Waals surface area contributed by atoms with Crippen molar-refractivity contribution in [3.8, 4) is 0 Å². The summed E-state index contributed by atoms with van der Waals surface area (Å²) in [5.74, 6) is -0.127. The number of hydrogen-bond acceptors (Lipinski definition) is 4. The molecule has 0 radical (unpaired) electrons. The molecule has 2 rings (SSSR count). The van der Waals surface area contributed by atoms with Gasteiger partial charge in [0.25, 0.3) is 5.91 Å². The second-order valence-electron chi connectivity index (χ2n) is 5.57. The summed E-state index contributed by atoms with van der Waals surface area (Å²) in [7, 11) is 1.65. The molecule has 0 saturated carbocycles. The Bertz CT molecular complexity index is 651. The molecule has 23 heavy (non-hydrogen) atoms. The Balaban J connectivity index is 2.03. The lowest BCUT2D eigenvalue weighted by Gasteiger charge is -2.10. The van der Waals surface area contributed by atoms with Crippen molar-refractivity contribution in [1.82, 2.24) is 10.3 Å². The van der Waals surface area contributed by atoms with E-state index in [9.17, 15) is 4.79 Å². The highest BCUT2D eigenvalue weighted by atomic mass is 16.5. The number of carbonyl (C=O) groups excluding carboxylic acids is 1. The summed E-state index contributed by atoms with van der Waals surface area (Å²) in [6, 6.07) is 8.04. The van der Waals surface area contributed by atoms with Crippen LogP contribution in [-0.2, 0) is 4.74 Å². The van der Waals surface area contributed by atoms with Gasteiger partial charge < -0.3 is 15.4 Å². The van der Waals surface area contributed by atoms with E-state index in [2.05, 4.69) is 47.7 Å². The van der Waals surface area contributed by atoms with Crippen LogP contribution in [0.4, 0.5) is 11.4 Å². The van der Waals surface area contributed by atoms with Crippen LogP contribution in [0.15, 0.2) is 36.7 Å². The first kappa shape index (κ1) is 17.0. The zero-order chi connectivity index (χ0) is 16.7. The minimum absolute atomic E-state index is 0.127. The number of pyridine rings is 1. The number of amides is 1. The van der Waals surface area contributed by atoms with E-state index in [0.717, 1.165) is 17.8 Å². The molecule has 2 aromatic rings. The fourth-order valence-electron chi connectivity index (χ4n) is 2.37. The highest BCUT2D eigenvalue weighted by molar-refractivity contribution is 5.94. The third-order valence-corrected chi connectivity index (χ3v) is 3.32. The first-order valence-corrected chi connectivity index (χ1v) is 7.66. The number of benzene rings is 1. The molecule has 0 aliphatic heterocycles. The maximum absolute atomic E-state index is 12.1. The van der Waals surface area contributed by atoms with E-state index in [1.807, 2.05) is 0 Å². The molecule has 122 valence electrons. The lowest BCUT2D eigenvalue weighted by Crippen LogP contribution is -2.25. The number of nitrogens with one attached hydrogen (secondary N) is 2. The summed E-state index contributed by atoms with van der Waals surface area (Å²) in [4.78, 5) is 16.2. The molecule has 0 spiro atoms. The van der Waals surface area contributed by atoms with Crippen LogP contribution in [0.5, 0.6) is 0 Å². The molecular formula is C18H23N3O2. The average Bonchev–Trinajstić information content (AvgIpc) is 2.50. The predicted octanol–water partition coefficient (Wildman–Crippen LogP) is 3.21. The SMILES string of the molecule is COCCCNC(=O)c1cncc(Nc2cc(C)cc(C)c2)c1. The molecule has 0 saturated heterocycles. The van der Waals surface area contributed by atoms with E-state index in [1.54, 1.807) is 25.6 Å². The Morgan fingerprint density at radius 3 is 2.52 bits per heavy atom. The van der Waals surface area contributed by atoms with Crippen molar-refractivity contribution in [1.29, 1.82) is 0 Å². The standard InChI is InChI=1S/C18H23N3O2/c1-13-7-14(2)9-16(8-13)21-17-10-15(11-19-12-17)18(22)20-5-4-6-23-3/h7-12,21H,4-6H2,1-3H3,(H,20,22). The molecular weight excluding hydrogens is 290 g/mol. The summed E-state index contributed by atoms with van der Waals surface area (Å²) in [5.41, 5.74) is 4.69. The van der Waals surface area contributed by atoms with Crippen LogP contribution in [0.1, 0.15) is 27.9 Å². The van der Waals surface area contributed by atoms with Crippen LogP contribution in [0, 0.1) is 13.8 Å². The molecule has 5 heteroatoms. The Hall–Kier alpha value is -2.40. The minimum atomic E-state index is -0.127. The Morgan fingerprint density at radius 2 is 1.83 bits per heavy atom. The molecule has 5 nitrogen and oxygen atoms in total. The molecule has 1 heterocycles. The summed E-state index contributed by atoms with van der Waals surface area (Å²) in [6.45, 7) is 5.33. The molecule has 0 unspecified atom stereocenters. The topological polar surface area (TPSA) is 63.2 Å². The van der Waals surface area contributed by atoms with Gasteiger partial charge in [-0.3, -0.25) is 9.78 Å². The average molecular weight is 313 g/mol. The van der Waals surface area contributed by atoms with Gasteiger partial charge >= 0.3 is 0 Å². The van der Waals surface area contributed by atoms with Crippen LogP contribution in [0.3, 0.4) is 0 Å². The van der Waals surface area contributed by atoms with Gasteiger partial charge in [-0.1, -0.05) is 6.07 Å².